The molecule has 0 atom stereocenters. The van der Waals surface area contributed by atoms with E-state index in [0.29, 0.717) is 59.7 Å². The molecule has 1 aliphatic rings. The number of nitrogens with zero attached hydrogens (tertiary/aromatic N) is 5. The van der Waals surface area contributed by atoms with Crippen molar-refractivity contribution in [2.75, 3.05) is 37.7 Å². The third-order valence-electron chi connectivity index (χ3n) is 5.53. The van der Waals surface area contributed by atoms with Gasteiger partial charge in [0, 0.05) is 49.7 Å². The third kappa shape index (κ3) is 6.65. The molecule has 0 aliphatic carbocycles. The summed E-state index contributed by atoms with van der Waals surface area (Å²) in [6.45, 7) is 7.27. The van der Waals surface area contributed by atoms with E-state index in [-0.39, 0.29) is 6.09 Å². The van der Waals surface area contributed by atoms with Gasteiger partial charge in [-0.3, -0.25) is 9.97 Å². The fourth-order valence-electron chi connectivity index (χ4n) is 3.80. The van der Waals surface area contributed by atoms with Gasteiger partial charge < -0.3 is 24.4 Å². The molecule has 0 unspecified atom stereocenters. The first-order valence-corrected chi connectivity index (χ1v) is 12.1. The number of hydrogen-bond acceptors (Lipinski definition) is 8. The molecule has 37 heavy (non-hydrogen) atoms. The van der Waals surface area contributed by atoms with Gasteiger partial charge in [0.25, 0.3) is 0 Å². The van der Waals surface area contributed by atoms with Crippen molar-refractivity contribution in [3.63, 3.8) is 0 Å². The summed E-state index contributed by atoms with van der Waals surface area (Å²) in [7, 11) is 0. The normalized spacial score (nSPS) is 13.8. The van der Waals surface area contributed by atoms with Gasteiger partial charge in [-0.2, -0.15) is 0 Å². The molecule has 1 aromatic carbocycles. The summed E-state index contributed by atoms with van der Waals surface area (Å²) in [4.78, 5) is 40.7. The summed E-state index contributed by atoms with van der Waals surface area (Å²) < 4.78 is 10.7. The number of amides is 1. The maximum atomic E-state index is 12.4. The van der Waals surface area contributed by atoms with Crippen LogP contribution in [-0.2, 0) is 9.53 Å². The number of carbonyl (C=O) groups is 2. The lowest BCUT2D eigenvalue weighted by Gasteiger charge is -2.36. The maximum Gasteiger partial charge on any atom is 0.410 e. The standard InChI is InChI=1S/C26H28ClN5O5/c1-26(2,3)37-25(35)32-12-10-31(11-13-32)21-15-29-23(24(30-21)19-8-9-28-14-20(19)27)17-4-6-18(7-5-17)36-16-22(33)34/h4-9,14-15H,10-13,16H2,1-3H3,(H,33,34). The molecule has 1 amide bonds. The minimum absolute atomic E-state index is 0.325. The van der Waals surface area contributed by atoms with E-state index in [1.54, 1.807) is 53.8 Å². The van der Waals surface area contributed by atoms with E-state index in [2.05, 4.69) is 9.88 Å². The number of ether oxygens (including phenoxy) is 2. The summed E-state index contributed by atoms with van der Waals surface area (Å²) in [5.41, 5.74) is 2.08. The number of anilines is 1. The number of aromatic nitrogens is 3. The highest BCUT2D eigenvalue weighted by Crippen LogP contribution is 2.35. The molecule has 1 N–H and O–H groups in total. The molecule has 194 valence electrons. The zero-order valence-electron chi connectivity index (χ0n) is 20.8. The molecule has 11 heteroatoms. The van der Waals surface area contributed by atoms with Gasteiger partial charge in [0.05, 0.1) is 16.9 Å². The number of carboxylic acid groups (broad SMARTS) is 1. The maximum absolute atomic E-state index is 12.4. The van der Waals surface area contributed by atoms with Crippen molar-refractivity contribution in [1.29, 1.82) is 0 Å². The molecular weight excluding hydrogens is 498 g/mol. The number of halogens is 1. The van der Waals surface area contributed by atoms with Crippen LogP contribution >= 0.6 is 11.6 Å². The SMILES string of the molecule is CC(C)(C)OC(=O)N1CCN(c2cnc(-c3ccc(OCC(=O)O)cc3)c(-c3ccncc3Cl)n2)CC1. The fraction of sp³-hybridized carbons (Fsp3) is 0.346. The largest absolute Gasteiger partial charge is 0.482 e. The highest BCUT2D eigenvalue weighted by atomic mass is 35.5. The van der Waals surface area contributed by atoms with Crippen molar-refractivity contribution in [2.45, 2.75) is 26.4 Å². The summed E-state index contributed by atoms with van der Waals surface area (Å²) >= 11 is 6.48. The van der Waals surface area contributed by atoms with Gasteiger partial charge in [0.15, 0.2) is 6.61 Å². The quantitative estimate of drug-likeness (QED) is 0.500. The molecule has 0 saturated carbocycles. The van der Waals surface area contributed by atoms with Crippen molar-refractivity contribution in [3.8, 4) is 28.3 Å². The number of benzene rings is 1. The van der Waals surface area contributed by atoms with Crippen LogP contribution in [0.2, 0.25) is 5.02 Å². The zero-order valence-corrected chi connectivity index (χ0v) is 21.6. The lowest BCUT2D eigenvalue weighted by atomic mass is 10.0. The monoisotopic (exact) mass is 525 g/mol. The number of hydrogen-bond donors (Lipinski definition) is 1. The fourth-order valence-corrected chi connectivity index (χ4v) is 4.01. The van der Waals surface area contributed by atoms with E-state index in [1.165, 1.54) is 0 Å². The van der Waals surface area contributed by atoms with E-state index < -0.39 is 18.2 Å². The summed E-state index contributed by atoms with van der Waals surface area (Å²) in [6, 6.07) is 8.73. The molecule has 3 aromatic rings. The molecule has 0 radical (unpaired) electrons. The lowest BCUT2D eigenvalue weighted by molar-refractivity contribution is -0.139. The van der Waals surface area contributed by atoms with Crippen LogP contribution in [0.25, 0.3) is 22.5 Å². The predicted octanol–water partition coefficient (Wildman–Crippen LogP) is 4.38. The van der Waals surface area contributed by atoms with Crippen molar-refractivity contribution < 1.29 is 24.2 Å². The number of piperazine rings is 1. The molecule has 1 aliphatic heterocycles. The minimum Gasteiger partial charge on any atom is -0.482 e. The van der Waals surface area contributed by atoms with Crippen LogP contribution in [0, 0.1) is 0 Å². The van der Waals surface area contributed by atoms with E-state index in [9.17, 15) is 9.59 Å². The molecule has 3 heterocycles. The van der Waals surface area contributed by atoms with E-state index in [1.807, 2.05) is 20.8 Å². The van der Waals surface area contributed by atoms with Crippen molar-refractivity contribution in [1.82, 2.24) is 19.9 Å². The minimum atomic E-state index is -1.05. The molecule has 10 nitrogen and oxygen atoms in total. The van der Waals surface area contributed by atoms with Gasteiger partial charge in [-0.25, -0.2) is 14.6 Å². The topological polar surface area (TPSA) is 118 Å². The second-order valence-electron chi connectivity index (χ2n) is 9.44. The first-order chi connectivity index (χ1) is 17.6. The summed E-state index contributed by atoms with van der Waals surface area (Å²) in [5.74, 6) is 0.0473. The Morgan fingerprint density at radius 2 is 1.73 bits per heavy atom. The number of carbonyl (C=O) groups excluding carboxylic acids is 1. The molecule has 1 saturated heterocycles. The Balaban J connectivity index is 1.60. The second kappa shape index (κ2) is 11.0. The Bertz CT molecular complexity index is 1270. The lowest BCUT2D eigenvalue weighted by Crippen LogP contribution is -2.50. The average Bonchev–Trinajstić information content (AvgIpc) is 2.87. The van der Waals surface area contributed by atoms with Crippen molar-refractivity contribution in [3.05, 3.63) is 53.9 Å². The third-order valence-corrected chi connectivity index (χ3v) is 5.83. The number of carboxylic acids is 1. The van der Waals surface area contributed by atoms with Crippen LogP contribution in [0.5, 0.6) is 5.75 Å². The van der Waals surface area contributed by atoms with Crippen LogP contribution in [-0.4, -0.2) is 75.4 Å². The highest BCUT2D eigenvalue weighted by molar-refractivity contribution is 6.33. The van der Waals surface area contributed by atoms with E-state index in [0.717, 1.165) is 5.56 Å². The van der Waals surface area contributed by atoms with E-state index in [4.69, 9.17) is 36.1 Å². The first kappa shape index (κ1) is 26.2. The van der Waals surface area contributed by atoms with E-state index >= 15 is 0 Å². The van der Waals surface area contributed by atoms with Crippen molar-refractivity contribution >= 4 is 29.5 Å². The smallest absolute Gasteiger partial charge is 0.410 e. The molecule has 0 bridgehead atoms. The number of aliphatic carboxylic acids is 1. The summed E-state index contributed by atoms with van der Waals surface area (Å²) in [6.07, 6.45) is 4.57. The Hall–Kier alpha value is -3.92. The summed E-state index contributed by atoms with van der Waals surface area (Å²) in [5, 5.41) is 9.26. The predicted molar refractivity (Wildman–Crippen MR) is 139 cm³/mol. The highest BCUT2D eigenvalue weighted by Gasteiger charge is 2.27. The van der Waals surface area contributed by atoms with Crippen LogP contribution < -0.4 is 9.64 Å². The van der Waals surface area contributed by atoms with Gasteiger partial charge >= 0.3 is 12.1 Å². The van der Waals surface area contributed by atoms with Gasteiger partial charge in [0.1, 0.15) is 22.9 Å². The molecule has 2 aromatic heterocycles. The molecule has 0 spiro atoms. The van der Waals surface area contributed by atoms with Crippen LogP contribution in [0.15, 0.2) is 48.9 Å². The van der Waals surface area contributed by atoms with Gasteiger partial charge in [0.2, 0.25) is 0 Å². The van der Waals surface area contributed by atoms with Crippen LogP contribution in [0.1, 0.15) is 20.8 Å². The Morgan fingerprint density at radius 1 is 1.03 bits per heavy atom. The van der Waals surface area contributed by atoms with Crippen LogP contribution in [0.3, 0.4) is 0 Å². The Kier molecular flexibility index (Phi) is 7.77. The van der Waals surface area contributed by atoms with Gasteiger partial charge in [-0.15, -0.1) is 0 Å². The van der Waals surface area contributed by atoms with Crippen LogP contribution in [0.4, 0.5) is 10.6 Å². The van der Waals surface area contributed by atoms with Gasteiger partial charge in [-0.05, 0) is 51.1 Å². The number of pyridine rings is 1. The average molecular weight is 526 g/mol. The Labute approximate surface area is 219 Å². The Morgan fingerprint density at radius 3 is 2.35 bits per heavy atom. The van der Waals surface area contributed by atoms with Crippen molar-refractivity contribution in [2.24, 2.45) is 0 Å². The first-order valence-electron chi connectivity index (χ1n) is 11.8. The second-order valence-corrected chi connectivity index (χ2v) is 9.85. The number of rotatable bonds is 6. The molecule has 1 fully saturated rings. The molecule has 4 rings (SSSR count). The zero-order chi connectivity index (χ0) is 26.6. The van der Waals surface area contributed by atoms with Gasteiger partial charge in [-0.1, -0.05) is 11.6 Å². The molecular formula is C26H28ClN5O5.